The van der Waals surface area contributed by atoms with Crippen LogP contribution in [0.2, 0.25) is 0 Å². The van der Waals surface area contributed by atoms with Gasteiger partial charge in [-0.1, -0.05) is 0 Å². The van der Waals surface area contributed by atoms with Gasteiger partial charge in [0, 0.05) is 38.2 Å². The molecule has 2 aliphatic heterocycles. The maximum atomic E-state index is 13.3. The minimum Gasteiger partial charge on any atom is -0.356 e. The molecule has 4 atom stereocenters. The van der Waals surface area contributed by atoms with Crippen LogP contribution >= 0.6 is 0 Å². The van der Waals surface area contributed by atoms with Crippen LogP contribution in [-0.2, 0) is 12.6 Å². The van der Waals surface area contributed by atoms with E-state index in [0.717, 1.165) is 24.7 Å². The molecule has 2 saturated heterocycles. The normalized spacial score (nSPS) is 29.6. The van der Waals surface area contributed by atoms with Gasteiger partial charge in [-0.2, -0.15) is 18.2 Å². The van der Waals surface area contributed by atoms with Crippen molar-refractivity contribution < 1.29 is 13.2 Å². The van der Waals surface area contributed by atoms with Gasteiger partial charge in [-0.05, 0) is 41.5 Å². The van der Waals surface area contributed by atoms with Crippen LogP contribution in [0.25, 0.3) is 0 Å². The molecule has 144 valence electrons. The van der Waals surface area contributed by atoms with Gasteiger partial charge in [0.25, 0.3) is 0 Å². The van der Waals surface area contributed by atoms with Crippen LogP contribution in [0.4, 0.5) is 24.9 Å². The number of halogens is 3. The van der Waals surface area contributed by atoms with Crippen LogP contribution in [0, 0.1) is 17.8 Å². The Morgan fingerprint density at radius 3 is 2.56 bits per heavy atom. The maximum absolute atomic E-state index is 13.3. The van der Waals surface area contributed by atoms with Crippen molar-refractivity contribution >= 4 is 11.8 Å². The Morgan fingerprint density at radius 1 is 1.22 bits per heavy atom. The summed E-state index contributed by atoms with van der Waals surface area (Å²) < 4.78 is 40.0. The van der Waals surface area contributed by atoms with E-state index in [-0.39, 0.29) is 12.0 Å². The Labute approximate surface area is 153 Å². The molecular formula is C16H19F3N8. The SMILES string of the molecule is C[C@H]1CCN1c1nc(N2C[C@@H]3[C@H](Cc4nnn[nH]4)[C@@H]3C2)cc(C(F)(F)F)n1. The van der Waals surface area contributed by atoms with Crippen LogP contribution in [0.5, 0.6) is 0 Å². The molecule has 11 heteroatoms. The summed E-state index contributed by atoms with van der Waals surface area (Å²) in [5, 5.41) is 13.8. The van der Waals surface area contributed by atoms with E-state index in [9.17, 15) is 13.2 Å². The largest absolute Gasteiger partial charge is 0.433 e. The summed E-state index contributed by atoms with van der Waals surface area (Å²) in [6, 6.07) is 1.25. The Kier molecular flexibility index (Phi) is 3.57. The molecule has 0 amide bonds. The second kappa shape index (κ2) is 5.77. The van der Waals surface area contributed by atoms with E-state index < -0.39 is 11.9 Å². The molecule has 8 nitrogen and oxygen atoms in total. The number of piperidine rings is 1. The number of aromatic amines is 1. The molecule has 4 heterocycles. The number of fused-ring (bicyclic) bond motifs is 1. The van der Waals surface area contributed by atoms with Gasteiger partial charge in [-0.25, -0.2) is 10.1 Å². The van der Waals surface area contributed by atoms with Crippen LogP contribution < -0.4 is 9.80 Å². The quantitative estimate of drug-likeness (QED) is 0.861. The third-order valence-electron chi connectivity index (χ3n) is 6.08. The number of anilines is 2. The van der Waals surface area contributed by atoms with Crippen molar-refractivity contribution in [3.05, 3.63) is 17.6 Å². The highest BCUT2D eigenvalue weighted by Crippen LogP contribution is 2.53. The van der Waals surface area contributed by atoms with Crippen molar-refractivity contribution in [3.63, 3.8) is 0 Å². The molecule has 1 saturated carbocycles. The minimum atomic E-state index is -4.48. The molecule has 0 unspecified atom stereocenters. The summed E-state index contributed by atoms with van der Waals surface area (Å²) in [4.78, 5) is 12.0. The van der Waals surface area contributed by atoms with Crippen LogP contribution in [0.1, 0.15) is 24.9 Å². The first-order valence-corrected chi connectivity index (χ1v) is 9.10. The van der Waals surface area contributed by atoms with Gasteiger partial charge in [0.1, 0.15) is 11.6 Å². The van der Waals surface area contributed by atoms with Crippen molar-refractivity contribution in [2.24, 2.45) is 17.8 Å². The third-order valence-corrected chi connectivity index (χ3v) is 6.08. The van der Waals surface area contributed by atoms with Crippen molar-refractivity contribution in [2.75, 3.05) is 29.4 Å². The summed E-state index contributed by atoms with van der Waals surface area (Å²) >= 11 is 0. The number of hydrogen-bond donors (Lipinski definition) is 1. The fourth-order valence-corrected chi connectivity index (χ4v) is 4.30. The van der Waals surface area contributed by atoms with E-state index in [1.54, 1.807) is 0 Å². The second-order valence-corrected chi connectivity index (χ2v) is 7.69. The molecule has 3 fully saturated rings. The molecule has 2 aromatic rings. The van der Waals surface area contributed by atoms with Crippen molar-refractivity contribution in [1.29, 1.82) is 0 Å². The van der Waals surface area contributed by atoms with E-state index in [1.807, 2.05) is 16.7 Å². The molecule has 0 aromatic carbocycles. The lowest BCUT2D eigenvalue weighted by molar-refractivity contribution is -0.141. The highest BCUT2D eigenvalue weighted by atomic mass is 19.4. The minimum absolute atomic E-state index is 0.174. The zero-order valence-electron chi connectivity index (χ0n) is 14.7. The van der Waals surface area contributed by atoms with Crippen molar-refractivity contribution in [1.82, 2.24) is 30.6 Å². The first-order valence-electron chi connectivity index (χ1n) is 9.10. The molecule has 5 rings (SSSR count). The predicted octanol–water partition coefficient (Wildman–Crippen LogP) is 1.53. The van der Waals surface area contributed by atoms with Crippen LogP contribution in [0.15, 0.2) is 6.07 Å². The summed E-state index contributed by atoms with van der Waals surface area (Å²) in [5.41, 5.74) is -0.869. The monoisotopic (exact) mass is 380 g/mol. The maximum Gasteiger partial charge on any atom is 0.433 e. The standard InChI is InChI=1S/C16H19F3N8/c1-8-2-3-27(8)15-20-12(16(17,18)19)5-14(21-15)26-6-10-9(11(10)7-26)4-13-22-24-25-23-13/h5,8-11H,2-4,6-7H2,1H3,(H,22,23,24,25)/t8-,9-,10+,11-/m0/s1. The van der Waals surface area contributed by atoms with E-state index in [0.29, 0.717) is 43.2 Å². The number of hydrogen-bond acceptors (Lipinski definition) is 7. The second-order valence-electron chi connectivity index (χ2n) is 7.69. The third kappa shape index (κ3) is 2.88. The first-order chi connectivity index (χ1) is 12.9. The number of nitrogens with one attached hydrogen (secondary N) is 1. The number of nitrogens with zero attached hydrogens (tertiary/aromatic N) is 7. The lowest BCUT2D eigenvalue weighted by Crippen LogP contribution is -2.47. The number of rotatable bonds is 4. The number of tetrazole rings is 1. The van der Waals surface area contributed by atoms with Gasteiger partial charge in [0.15, 0.2) is 5.69 Å². The van der Waals surface area contributed by atoms with E-state index in [2.05, 4.69) is 30.6 Å². The molecule has 1 aliphatic carbocycles. The number of H-pyrrole nitrogens is 1. The van der Waals surface area contributed by atoms with Gasteiger partial charge in [-0.3, -0.25) is 0 Å². The Morgan fingerprint density at radius 2 is 2.00 bits per heavy atom. The molecule has 2 aromatic heterocycles. The van der Waals surface area contributed by atoms with Crippen molar-refractivity contribution in [2.45, 2.75) is 32.0 Å². The lowest BCUT2D eigenvalue weighted by atomic mass is 10.1. The molecule has 3 aliphatic rings. The molecule has 0 spiro atoms. The number of alkyl halides is 3. The smallest absolute Gasteiger partial charge is 0.356 e. The molecule has 0 bridgehead atoms. The lowest BCUT2D eigenvalue weighted by Gasteiger charge is -2.39. The predicted molar refractivity (Wildman–Crippen MR) is 89.0 cm³/mol. The zero-order valence-corrected chi connectivity index (χ0v) is 14.7. The van der Waals surface area contributed by atoms with Crippen LogP contribution in [0.3, 0.4) is 0 Å². The van der Waals surface area contributed by atoms with Gasteiger partial charge in [0.05, 0.1) is 0 Å². The summed E-state index contributed by atoms with van der Waals surface area (Å²) in [5.74, 6) is 2.70. The number of aromatic nitrogens is 6. The Bertz CT molecular complexity index is 827. The van der Waals surface area contributed by atoms with Gasteiger partial charge < -0.3 is 9.80 Å². The Hall–Kier alpha value is -2.46. The molecule has 27 heavy (non-hydrogen) atoms. The summed E-state index contributed by atoms with van der Waals surface area (Å²) in [6.45, 7) is 4.08. The first kappa shape index (κ1) is 16.7. The van der Waals surface area contributed by atoms with E-state index in [4.69, 9.17) is 0 Å². The van der Waals surface area contributed by atoms with Crippen molar-refractivity contribution in [3.8, 4) is 0 Å². The van der Waals surface area contributed by atoms with Gasteiger partial charge >= 0.3 is 6.18 Å². The summed E-state index contributed by atoms with van der Waals surface area (Å²) in [7, 11) is 0. The fourth-order valence-electron chi connectivity index (χ4n) is 4.30. The van der Waals surface area contributed by atoms with Gasteiger partial charge in [0.2, 0.25) is 5.95 Å². The highest BCUT2D eigenvalue weighted by molar-refractivity contribution is 5.50. The molecular weight excluding hydrogens is 361 g/mol. The van der Waals surface area contributed by atoms with Gasteiger partial charge in [-0.15, -0.1) is 5.10 Å². The summed E-state index contributed by atoms with van der Waals surface area (Å²) in [6.07, 6.45) is -2.75. The highest BCUT2D eigenvalue weighted by Gasteiger charge is 2.56. The van der Waals surface area contributed by atoms with E-state index >= 15 is 0 Å². The molecule has 1 N–H and O–H groups in total. The topological polar surface area (TPSA) is 86.7 Å². The van der Waals surface area contributed by atoms with E-state index in [1.165, 1.54) is 0 Å². The Balaban J connectivity index is 1.34. The fraction of sp³-hybridized carbons (Fsp3) is 0.688. The van der Waals surface area contributed by atoms with Crippen LogP contribution in [-0.4, -0.2) is 56.3 Å². The zero-order chi connectivity index (χ0) is 18.8. The average Bonchev–Trinajstić information content (AvgIpc) is 3.02. The average molecular weight is 380 g/mol. The molecule has 0 radical (unpaired) electrons.